The van der Waals surface area contributed by atoms with Gasteiger partial charge in [-0.05, 0) is 12.0 Å². The van der Waals surface area contributed by atoms with Crippen LogP contribution in [0.3, 0.4) is 0 Å². The van der Waals surface area contributed by atoms with Crippen molar-refractivity contribution in [1.82, 2.24) is 5.32 Å². The molecule has 0 aromatic heterocycles. The molecule has 1 heterocycles. The van der Waals surface area contributed by atoms with Gasteiger partial charge in [-0.25, -0.2) is 12.8 Å². The van der Waals surface area contributed by atoms with Crippen LogP contribution in [0.1, 0.15) is 5.56 Å². The summed E-state index contributed by atoms with van der Waals surface area (Å²) in [5.74, 6) is -0.122. The van der Waals surface area contributed by atoms with Crippen molar-refractivity contribution in [3.05, 3.63) is 29.6 Å². The summed E-state index contributed by atoms with van der Waals surface area (Å²) < 4.78 is 42.3. The van der Waals surface area contributed by atoms with Gasteiger partial charge < -0.3 is 10.1 Å². The predicted molar refractivity (Wildman–Crippen MR) is 66.8 cm³/mol. The Morgan fingerprint density at radius 3 is 2.67 bits per heavy atom. The van der Waals surface area contributed by atoms with Gasteiger partial charge in [0.15, 0.2) is 9.84 Å². The van der Waals surface area contributed by atoms with Gasteiger partial charge >= 0.3 is 0 Å². The molecule has 0 aliphatic carbocycles. The second-order valence-corrected chi connectivity index (χ2v) is 6.65. The van der Waals surface area contributed by atoms with Crippen LogP contribution in [0.5, 0.6) is 5.75 Å². The van der Waals surface area contributed by atoms with Gasteiger partial charge in [-0.3, -0.25) is 0 Å². The molecule has 0 bridgehead atoms. The summed E-state index contributed by atoms with van der Waals surface area (Å²) in [6, 6.07) is 4.24. The fourth-order valence-electron chi connectivity index (χ4n) is 1.89. The fourth-order valence-corrected chi connectivity index (χ4v) is 3.67. The largest absolute Gasteiger partial charge is 0.497 e. The molecule has 1 aliphatic rings. The van der Waals surface area contributed by atoms with Crippen LogP contribution in [-0.4, -0.2) is 34.4 Å². The van der Waals surface area contributed by atoms with Crippen molar-refractivity contribution in [3.63, 3.8) is 0 Å². The third-order valence-electron chi connectivity index (χ3n) is 2.99. The van der Waals surface area contributed by atoms with E-state index < -0.39 is 15.7 Å². The second kappa shape index (κ2) is 5.24. The molecule has 1 N–H and O–H groups in total. The molecule has 1 aromatic rings. The summed E-state index contributed by atoms with van der Waals surface area (Å²) >= 11 is 0. The molecule has 0 spiro atoms. The van der Waals surface area contributed by atoms with Crippen molar-refractivity contribution in [2.24, 2.45) is 5.92 Å². The zero-order valence-corrected chi connectivity index (χ0v) is 11.0. The molecule has 18 heavy (non-hydrogen) atoms. The summed E-state index contributed by atoms with van der Waals surface area (Å²) in [5.41, 5.74) is 0.197. The summed E-state index contributed by atoms with van der Waals surface area (Å²) in [5, 5.41) is 3.02. The van der Waals surface area contributed by atoms with Gasteiger partial charge in [0, 0.05) is 24.7 Å². The number of benzene rings is 1. The van der Waals surface area contributed by atoms with Crippen molar-refractivity contribution in [1.29, 1.82) is 0 Å². The number of halogens is 1. The lowest BCUT2D eigenvalue weighted by Gasteiger charge is -2.26. The number of rotatable bonds is 5. The highest BCUT2D eigenvalue weighted by atomic mass is 32.2. The maximum absolute atomic E-state index is 13.6. The first-order valence-corrected chi connectivity index (χ1v) is 7.56. The Balaban J connectivity index is 2.07. The Morgan fingerprint density at radius 2 is 2.17 bits per heavy atom. The van der Waals surface area contributed by atoms with Crippen LogP contribution in [0.15, 0.2) is 18.2 Å². The van der Waals surface area contributed by atoms with E-state index in [1.54, 1.807) is 6.07 Å². The maximum Gasteiger partial charge on any atom is 0.154 e. The lowest BCUT2D eigenvalue weighted by atomic mass is 10.1. The molecule has 0 atom stereocenters. The average molecular weight is 273 g/mol. The van der Waals surface area contributed by atoms with Crippen LogP contribution >= 0.6 is 0 Å². The molecule has 0 saturated carbocycles. The first-order chi connectivity index (χ1) is 8.50. The minimum absolute atomic E-state index is 0.117. The van der Waals surface area contributed by atoms with E-state index in [1.807, 2.05) is 0 Å². The number of methoxy groups -OCH3 is 1. The second-order valence-electron chi connectivity index (χ2n) is 4.54. The highest BCUT2D eigenvalue weighted by Crippen LogP contribution is 2.19. The van der Waals surface area contributed by atoms with Crippen LogP contribution in [-0.2, 0) is 15.6 Å². The number of hydrogen-bond acceptors (Lipinski definition) is 4. The number of sulfone groups is 1. The van der Waals surface area contributed by atoms with E-state index in [-0.39, 0.29) is 23.0 Å². The summed E-state index contributed by atoms with van der Waals surface area (Å²) in [4.78, 5) is 0. The van der Waals surface area contributed by atoms with Crippen molar-refractivity contribution in [2.45, 2.75) is 5.75 Å². The molecule has 0 radical (unpaired) electrons. The molecule has 6 heteroatoms. The van der Waals surface area contributed by atoms with Gasteiger partial charge in [0.05, 0.1) is 18.6 Å². The number of ether oxygens (including phenoxy) is 1. The van der Waals surface area contributed by atoms with Crippen molar-refractivity contribution in [2.75, 3.05) is 26.0 Å². The van der Waals surface area contributed by atoms with Crippen molar-refractivity contribution in [3.8, 4) is 5.75 Å². The molecule has 4 nitrogen and oxygen atoms in total. The third kappa shape index (κ3) is 3.20. The predicted octanol–water partition coefficient (Wildman–Crippen LogP) is 0.968. The summed E-state index contributed by atoms with van der Waals surface area (Å²) in [6.07, 6.45) is 0. The van der Waals surface area contributed by atoms with Crippen LogP contribution in [0.25, 0.3) is 0 Å². The third-order valence-corrected chi connectivity index (χ3v) is 4.72. The van der Waals surface area contributed by atoms with E-state index >= 15 is 0 Å². The zero-order chi connectivity index (χ0) is 13.2. The van der Waals surface area contributed by atoms with E-state index in [4.69, 9.17) is 4.74 Å². The van der Waals surface area contributed by atoms with Crippen LogP contribution < -0.4 is 10.1 Å². The molecule has 0 amide bonds. The average Bonchev–Trinajstić information content (AvgIpc) is 2.26. The molecule has 2 rings (SSSR count). The first kappa shape index (κ1) is 13.3. The molecule has 1 saturated heterocycles. The van der Waals surface area contributed by atoms with Crippen molar-refractivity contribution >= 4 is 9.84 Å². The minimum Gasteiger partial charge on any atom is -0.497 e. The van der Waals surface area contributed by atoms with E-state index in [1.165, 1.54) is 19.2 Å². The molecular formula is C12H16FNO3S. The quantitative estimate of drug-likeness (QED) is 0.868. The van der Waals surface area contributed by atoms with Crippen LogP contribution in [0, 0.1) is 11.7 Å². The Bertz CT molecular complexity index is 526. The van der Waals surface area contributed by atoms with Crippen LogP contribution in [0.4, 0.5) is 4.39 Å². The zero-order valence-electron chi connectivity index (χ0n) is 10.1. The molecule has 1 aliphatic heterocycles. The van der Waals surface area contributed by atoms with Gasteiger partial charge in [0.25, 0.3) is 0 Å². The molecular weight excluding hydrogens is 257 g/mol. The normalized spacial score (nSPS) is 16.3. The SMILES string of the molecule is COc1ccc(CS(=O)(=O)CC2CNC2)c(F)c1. The van der Waals surface area contributed by atoms with Gasteiger partial charge in [-0.15, -0.1) is 0 Å². The lowest BCUT2D eigenvalue weighted by molar-refractivity contribution is 0.378. The highest BCUT2D eigenvalue weighted by molar-refractivity contribution is 7.90. The fraction of sp³-hybridized carbons (Fsp3) is 0.500. The van der Waals surface area contributed by atoms with Gasteiger partial charge in [0.1, 0.15) is 11.6 Å². The van der Waals surface area contributed by atoms with Gasteiger partial charge in [-0.1, -0.05) is 6.07 Å². The van der Waals surface area contributed by atoms with Crippen LogP contribution in [0.2, 0.25) is 0 Å². The monoisotopic (exact) mass is 273 g/mol. The molecule has 1 aromatic carbocycles. The standard InChI is InChI=1S/C12H16FNO3S/c1-17-11-3-2-10(12(13)4-11)8-18(15,16)7-9-5-14-6-9/h2-4,9,14H,5-8H2,1H3. The topological polar surface area (TPSA) is 55.4 Å². The Hall–Kier alpha value is -1.14. The Labute approximate surface area is 106 Å². The first-order valence-electron chi connectivity index (χ1n) is 5.74. The molecule has 1 fully saturated rings. The minimum atomic E-state index is -3.26. The van der Waals surface area contributed by atoms with E-state index in [2.05, 4.69) is 5.32 Å². The summed E-state index contributed by atoms with van der Waals surface area (Å²) in [7, 11) is -1.82. The molecule has 100 valence electrons. The number of nitrogens with one attached hydrogen (secondary N) is 1. The van der Waals surface area contributed by atoms with E-state index in [0.29, 0.717) is 5.75 Å². The number of hydrogen-bond donors (Lipinski definition) is 1. The Morgan fingerprint density at radius 1 is 1.44 bits per heavy atom. The van der Waals surface area contributed by atoms with E-state index in [0.717, 1.165) is 13.1 Å². The van der Waals surface area contributed by atoms with Crippen molar-refractivity contribution < 1.29 is 17.5 Å². The maximum atomic E-state index is 13.6. The smallest absolute Gasteiger partial charge is 0.154 e. The lowest BCUT2D eigenvalue weighted by Crippen LogP contribution is -2.45. The highest BCUT2D eigenvalue weighted by Gasteiger charge is 2.25. The van der Waals surface area contributed by atoms with E-state index in [9.17, 15) is 12.8 Å². The summed E-state index contributed by atoms with van der Waals surface area (Å²) in [6.45, 7) is 1.45. The van der Waals surface area contributed by atoms with Gasteiger partial charge in [0.2, 0.25) is 0 Å². The Kier molecular flexibility index (Phi) is 3.87. The molecule has 0 unspecified atom stereocenters. The van der Waals surface area contributed by atoms with Gasteiger partial charge in [-0.2, -0.15) is 0 Å².